The fraction of sp³-hybridized carbons (Fsp3) is 0.636. The van der Waals surface area contributed by atoms with Crippen LogP contribution in [0.1, 0.15) is 36.2 Å². The standard InChI is InChI=1S/C22H36N4O4.HI/c1-16(2)12-18(26-8-10-30-11-9-26)15-25-22(23-3)24-14-17-6-7-20(28-4)19(13-17)21(27)29-5;/h6-7,13,16,18H,8-12,14-15H2,1-5H3,(H2,23,24,25);1H. The van der Waals surface area contributed by atoms with Gasteiger partial charge in [0.05, 0.1) is 27.4 Å². The van der Waals surface area contributed by atoms with Crippen LogP contribution < -0.4 is 15.4 Å². The summed E-state index contributed by atoms with van der Waals surface area (Å²) in [4.78, 5) is 18.8. The van der Waals surface area contributed by atoms with Crippen molar-refractivity contribution in [1.82, 2.24) is 15.5 Å². The molecule has 2 rings (SSSR count). The minimum atomic E-state index is -0.418. The molecule has 176 valence electrons. The van der Waals surface area contributed by atoms with E-state index in [-0.39, 0.29) is 24.0 Å². The molecule has 2 N–H and O–H groups in total. The number of guanidine groups is 1. The van der Waals surface area contributed by atoms with Gasteiger partial charge in [-0.2, -0.15) is 0 Å². The Morgan fingerprint density at radius 1 is 1.23 bits per heavy atom. The van der Waals surface area contributed by atoms with Crippen molar-refractivity contribution in [1.29, 1.82) is 0 Å². The molecule has 0 amide bonds. The second kappa shape index (κ2) is 14.5. The average Bonchev–Trinajstić information content (AvgIpc) is 2.77. The molecule has 8 nitrogen and oxygen atoms in total. The first-order valence-corrected chi connectivity index (χ1v) is 10.5. The van der Waals surface area contributed by atoms with E-state index < -0.39 is 5.97 Å². The Morgan fingerprint density at radius 2 is 1.94 bits per heavy atom. The summed E-state index contributed by atoms with van der Waals surface area (Å²) in [5, 5.41) is 6.78. The Balaban J connectivity index is 0.00000480. The highest BCUT2D eigenvalue weighted by molar-refractivity contribution is 14.0. The van der Waals surface area contributed by atoms with Crippen LogP contribution in [0.4, 0.5) is 0 Å². The molecule has 1 aromatic carbocycles. The van der Waals surface area contributed by atoms with Gasteiger partial charge in [0.1, 0.15) is 11.3 Å². The molecule has 1 aromatic rings. The molecule has 0 saturated carbocycles. The van der Waals surface area contributed by atoms with Crippen molar-refractivity contribution in [3.8, 4) is 5.75 Å². The number of benzene rings is 1. The molecular formula is C22H37IN4O4. The summed E-state index contributed by atoms with van der Waals surface area (Å²) < 4.78 is 15.6. The highest BCUT2D eigenvalue weighted by Gasteiger charge is 2.22. The van der Waals surface area contributed by atoms with Crippen LogP contribution in [0.2, 0.25) is 0 Å². The third kappa shape index (κ3) is 8.82. The largest absolute Gasteiger partial charge is 0.496 e. The van der Waals surface area contributed by atoms with Crippen molar-refractivity contribution in [2.24, 2.45) is 10.9 Å². The highest BCUT2D eigenvalue weighted by atomic mass is 127. The Bertz CT molecular complexity index is 709. The maximum Gasteiger partial charge on any atom is 0.341 e. The molecule has 1 unspecified atom stereocenters. The first-order valence-electron chi connectivity index (χ1n) is 10.5. The minimum Gasteiger partial charge on any atom is -0.496 e. The molecule has 0 spiro atoms. The van der Waals surface area contributed by atoms with E-state index in [0.717, 1.165) is 50.8 Å². The van der Waals surface area contributed by atoms with E-state index in [1.807, 2.05) is 6.07 Å². The van der Waals surface area contributed by atoms with Crippen LogP contribution in [-0.4, -0.2) is 77.0 Å². The quantitative estimate of drug-likeness (QED) is 0.212. The zero-order chi connectivity index (χ0) is 21.9. The number of rotatable bonds is 9. The Kier molecular flexibility index (Phi) is 12.8. The lowest BCUT2D eigenvalue weighted by atomic mass is 10.0. The lowest BCUT2D eigenvalue weighted by Crippen LogP contribution is -2.50. The average molecular weight is 548 g/mol. The summed E-state index contributed by atoms with van der Waals surface area (Å²) in [6, 6.07) is 5.90. The number of methoxy groups -OCH3 is 2. The molecule has 1 saturated heterocycles. The van der Waals surface area contributed by atoms with Crippen molar-refractivity contribution < 1.29 is 19.0 Å². The highest BCUT2D eigenvalue weighted by Crippen LogP contribution is 2.20. The number of carbonyl (C=O) groups excluding carboxylic acids is 1. The number of morpholine rings is 1. The lowest BCUT2D eigenvalue weighted by molar-refractivity contribution is 0.0132. The number of ether oxygens (including phenoxy) is 3. The molecule has 31 heavy (non-hydrogen) atoms. The number of nitrogens with one attached hydrogen (secondary N) is 2. The maximum absolute atomic E-state index is 12.0. The summed E-state index contributed by atoms with van der Waals surface area (Å²) in [6.07, 6.45) is 1.12. The fourth-order valence-corrected chi connectivity index (χ4v) is 3.60. The van der Waals surface area contributed by atoms with E-state index in [9.17, 15) is 4.79 Å². The van der Waals surface area contributed by atoms with Gasteiger partial charge in [0.15, 0.2) is 5.96 Å². The van der Waals surface area contributed by atoms with Gasteiger partial charge in [0, 0.05) is 39.3 Å². The van der Waals surface area contributed by atoms with Crippen LogP contribution in [-0.2, 0) is 16.0 Å². The number of hydrogen-bond acceptors (Lipinski definition) is 6. The number of carbonyl (C=O) groups is 1. The lowest BCUT2D eigenvalue weighted by Gasteiger charge is -2.35. The number of aliphatic imine (C=N–C) groups is 1. The van der Waals surface area contributed by atoms with Crippen LogP contribution in [0, 0.1) is 5.92 Å². The second-order valence-corrected chi connectivity index (χ2v) is 7.76. The third-order valence-electron chi connectivity index (χ3n) is 5.16. The van der Waals surface area contributed by atoms with Crippen molar-refractivity contribution in [2.45, 2.75) is 32.9 Å². The monoisotopic (exact) mass is 548 g/mol. The normalized spacial score (nSPS) is 15.7. The molecule has 0 bridgehead atoms. The SMILES string of the molecule is CN=C(NCc1ccc(OC)c(C(=O)OC)c1)NCC(CC(C)C)N1CCOCC1.I. The van der Waals surface area contributed by atoms with Gasteiger partial charge >= 0.3 is 5.97 Å². The van der Waals surface area contributed by atoms with Crippen LogP contribution in [0.5, 0.6) is 5.75 Å². The van der Waals surface area contributed by atoms with Crippen molar-refractivity contribution in [3.63, 3.8) is 0 Å². The minimum absolute atomic E-state index is 0. The van der Waals surface area contributed by atoms with Crippen molar-refractivity contribution >= 4 is 35.9 Å². The summed E-state index contributed by atoms with van der Waals surface area (Å²) in [5.41, 5.74) is 1.35. The molecule has 0 radical (unpaired) electrons. The molecule has 9 heteroatoms. The Hall–Kier alpha value is -1.59. The number of esters is 1. The molecular weight excluding hydrogens is 511 g/mol. The number of halogens is 1. The zero-order valence-electron chi connectivity index (χ0n) is 19.3. The first-order chi connectivity index (χ1) is 14.5. The topological polar surface area (TPSA) is 84.4 Å². The number of nitrogens with zero attached hydrogens (tertiary/aromatic N) is 2. The smallest absolute Gasteiger partial charge is 0.341 e. The summed E-state index contributed by atoms with van der Waals surface area (Å²) in [7, 11) is 4.66. The number of hydrogen-bond donors (Lipinski definition) is 2. The predicted octanol–water partition coefficient (Wildman–Crippen LogP) is 2.51. The molecule has 0 aromatic heterocycles. The van der Waals surface area contributed by atoms with E-state index in [1.54, 1.807) is 19.2 Å². The molecule has 1 aliphatic rings. The van der Waals surface area contributed by atoms with Crippen molar-refractivity contribution in [2.75, 3.05) is 54.1 Å². The van der Waals surface area contributed by atoms with Gasteiger partial charge < -0.3 is 24.8 Å². The van der Waals surface area contributed by atoms with E-state index in [0.29, 0.717) is 29.8 Å². The molecule has 1 fully saturated rings. The van der Waals surface area contributed by atoms with Gasteiger partial charge in [-0.1, -0.05) is 19.9 Å². The Labute approximate surface area is 203 Å². The maximum atomic E-state index is 12.0. The van der Waals surface area contributed by atoms with Gasteiger partial charge in [-0.25, -0.2) is 4.79 Å². The molecule has 1 heterocycles. The van der Waals surface area contributed by atoms with Gasteiger partial charge in [-0.05, 0) is 30.0 Å². The van der Waals surface area contributed by atoms with Gasteiger partial charge in [0.2, 0.25) is 0 Å². The van der Waals surface area contributed by atoms with Crippen molar-refractivity contribution in [3.05, 3.63) is 29.3 Å². The second-order valence-electron chi connectivity index (χ2n) is 7.76. The van der Waals surface area contributed by atoms with E-state index in [2.05, 4.69) is 34.4 Å². The third-order valence-corrected chi connectivity index (χ3v) is 5.16. The molecule has 1 atom stereocenters. The van der Waals surface area contributed by atoms with Gasteiger partial charge in [0.25, 0.3) is 0 Å². The van der Waals surface area contributed by atoms with E-state index >= 15 is 0 Å². The summed E-state index contributed by atoms with van der Waals surface area (Å²) in [5.74, 6) is 1.42. The van der Waals surface area contributed by atoms with Crippen LogP contribution >= 0.6 is 24.0 Å². The predicted molar refractivity (Wildman–Crippen MR) is 134 cm³/mol. The Morgan fingerprint density at radius 3 is 2.52 bits per heavy atom. The molecule has 1 aliphatic heterocycles. The van der Waals surface area contributed by atoms with Crippen LogP contribution in [0.25, 0.3) is 0 Å². The van der Waals surface area contributed by atoms with Gasteiger partial charge in [-0.3, -0.25) is 9.89 Å². The zero-order valence-corrected chi connectivity index (χ0v) is 21.6. The van der Waals surface area contributed by atoms with E-state index in [4.69, 9.17) is 14.2 Å². The van der Waals surface area contributed by atoms with Crippen LogP contribution in [0.15, 0.2) is 23.2 Å². The first kappa shape index (κ1) is 27.4. The summed E-state index contributed by atoms with van der Waals surface area (Å²) >= 11 is 0. The van der Waals surface area contributed by atoms with E-state index in [1.165, 1.54) is 14.2 Å². The fourth-order valence-electron chi connectivity index (χ4n) is 3.60. The summed E-state index contributed by atoms with van der Waals surface area (Å²) in [6.45, 7) is 9.36. The molecule has 0 aliphatic carbocycles. The van der Waals surface area contributed by atoms with Crippen LogP contribution in [0.3, 0.4) is 0 Å². The van der Waals surface area contributed by atoms with Gasteiger partial charge in [-0.15, -0.1) is 24.0 Å².